The monoisotopic (exact) mass is 1150 g/mol. The summed E-state index contributed by atoms with van der Waals surface area (Å²) in [5.74, 6) is -3.80. The maximum atomic E-state index is 13.7. The summed E-state index contributed by atoms with van der Waals surface area (Å²) < 4.78 is 36.6. The quantitative estimate of drug-likeness (QED) is 0.0844. The summed E-state index contributed by atoms with van der Waals surface area (Å²) in [5.41, 5.74) is 4.23. The van der Waals surface area contributed by atoms with E-state index in [0.29, 0.717) is 0 Å². The Labute approximate surface area is 487 Å². The third-order valence-electron chi connectivity index (χ3n) is 16.3. The largest absolute Gasteiger partial charge is 0.462 e. The lowest BCUT2D eigenvalue weighted by atomic mass is 9.87. The molecule has 1 aliphatic carbocycles. The maximum absolute atomic E-state index is 13.7. The van der Waals surface area contributed by atoms with Crippen molar-refractivity contribution in [3.63, 3.8) is 0 Å². The van der Waals surface area contributed by atoms with Crippen LogP contribution in [0.5, 0.6) is 0 Å². The zero-order valence-electron chi connectivity index (χ0n) is 48.2. The lowest BCUT2D eigenvalue weighted by Crippen LogP contribution is -2.61. The molecule has 2 saturated heterocycles. The number of fused-ring (bicyclic) bond motifs is 5. The molecular weight excluding hydrogens is 1070 g/mol. The smallest absolute Gasteiger partial charge is 0.407 e. The van der Waals surface area contributed by atoms with Gasteiger partial charge in [-0.3, -0.25) is 4.79 Å². The Morgan fingerprint density at radius 2 is 1.27 bits per heavy atom. The fraction of sp³-hybridized carbons (Fsp3) is 0.547. The van der Waals surface area contributed by atoms with Crippen LogP contribution in [0.3, 0.4) is 0 Å². The second kappa shape index (κ2) is 32.5. The summed E-state index contributed by atoms with van der Waals surface area (Å²) in [4.78, 5) is 42.2. The second-order valence-electron chi connectivity index (χ2n) is 22.4. The minimum atomic E-state index is -1.74. The van der Waals surface area contributed by atoms with Crippen molar-refractivity contribution in [2.45, 2.75) is 189 Å². The van der Waals surface area contributed by atoms with Gasteiger partial charge in [0.2, 0.25) is 6.08 Å². The van der Waals surface area contributed by atoms with Gasteiger partial charge in [0.05, 0.1) is 73.5 Å². The molecule has 3 aliphatic heterocycles. The molecule has 454 valence electrons. The lowest BCUT2D eigenvalue weighted by Gasteiger charge is -2.47. The number of allylic oxidation sites excluding steroid dienone is 12. The number of rotatable bonds is 7. The SMILES string of the molecule is CO[C@]12C[C@@H](O)C[C@@H](O)[C@H](O)CC[C@@H](O)C[C@@H](O)CC(=O)O[C@@H](C)[C@H](C)[C@H](O)[C@@H](C)/C=C/C=C/C=C/C=C/C=C/C=C/C=C/[C@H](OC3OC(C)C(C)C(NC(=O)OCC4c5ccccc5-c5ccccc54)C3O)CC(O1)[C@H](N=C=O)[C@@H](O)C2. The van der Waals surface area contributed by atoms with Gasteiger partial charge in [-0.25, -0.2) is 9.59 Å². The minimum absolute atomic E-state index is 0.0495. The summed E-state index contributed by atoms with van der Waals surface area (Å²) in [6.45, 7) is 8.92. The van der Waals surface area contributed by atoms with E-state index in [-0.39, 0.29) is 57.0 Å². The van der Waals surface area contributed by atoms with Crippen molar-refractivity contribution >= 4 is 18.1 Å². The van der Waals surface area contributed by atoms with Crippen LogP contribution in [-0.2, 0) is 38.0 Å². The molecule has 2 bridgehead atoms. The summed E-state index contributed by atoms with van der Waals surface area (Å²) in [6.07, 6.45) is 8.56. The predicted octanol–water partition coefficient (Wildman–Crippen LogP) is 6.22. The van der Waals surface area contributed by atoms with Crippen molar-refractivity contribution in [3.8, 4) is 11.1 Å². The number of nitrogens with zero attached hydrogens (tertiary/aromatic N) is 1. The Kier molecular flexibility index (Phi) is 26.0. The number of hydrogen-bond acceptors (Lipinski definition) is 18. The van der Waals surface area contributed by atoms with Crippen LogP contribution in [0.2, 0.25) is 0 Å². The third-order valence-corrected chi connectivity index (χ3v) is 16.3. The average molecular weight is 1160 g/mol. The van der Waals surface area contributed by atoms with Crippen molar-refractivity contribution in [1.29, 1.82) is 0 Å². The van der Waals surface area contributed by atoms with Gasteiger partial charge in [-0.1, -0.05) is 154 Å². The molecule has 2 aromatic carbocycles. The number of ether oxygens (including phenoxy) is 6. The number of aliphatic imine (C=N–C) groups is 1. The number of carbonyl (C=O) groups excluding carboxylic acids is 3. The number of esters is 1. The maximum Gasteiger partial charge on any atom is 0.407 e. The van der Waals surface area contributed by atoms with Gasteiger partial charge in [0.15, 0.2) is 12.1 Å². The topological polar surface area (TPSA) is 293 Å². The predicted molar refractivity (Wildman–Crippen MR) is 310 cm³/mol. The van der Waals surface area contributed by atoms with Gasteiger partial charge in [-0.2, -0.15) is 4.99 Å². The highest BCUT2D eigenvalue weighted by molar-refractivity contribution is 5.79. The summed E-state index contributed by atoms with van der Waals surface area (Å²) in [7, 11) is 1.30. The van der Waals surface area contributed by atoms with E-state index in [1.807, 2.05) is 117 Å². The standard InChI is InChI=1S/C64H86N2O17/c1-39-23-17-15-13-11-9-7-8-10-12-14-16-18-24-47(82-62-61(76)58(40(2)42(4)81-62)66-63(77)79-37-52-50-27-21-19-25-48(50)49-26-20-22-28-51(49)52)34-56-59(65-38-67)55(73)36-64(78-6,83-56)35-46(70)32-54(72)53(71)30-29-44(68)31-45(69)33-57(74)80-43(5)41(3)60(39)75/h7-28,39-47,52-56,58-62,68-73,75-76H,29-37H2,1-6H3,(H,66,77)/b8-7+,11-9+,12-10+,15-13+,16-14+,23-17+,24-18+/t39-,40?,41-,42?,43-,44+,45+,46-,47-,53+,54+,55-,56?,58?,59+,60+,61?,62?,64+/m0/s1. The Hall–Kier alpha value is -5.74. The molecule has 9 N–H and O–H groups in total. The van der Waals surface area contributed by atoms with Gasteiger partial charge < -0.3 is 74.6 Å². The van der Waals surface area contributed by atoms with E-state index in [2.05, 4.69) is 10.3 Å². The first-order valence-corrected chi connectivity index (χ1v) is 28.8. The number of alkyl carbamates (subject to hydrolysis) is 1. The number of methoxy groups -OCH3 is 1. The van der Waals surface area contributed by atoms with Gasteiger partial charge in [-0.05, 0) is 55.4 Å². The van der Waals surface area contributed by atoms with Gasteiger partial charge in [-0.15, -0.1) is 0 Å². The van der Waals surface area contributed by atoms with Crippen LogP contribution in [0.15, 0.2) is 139 Å². The molecule has 2 aromatic rings. The number of benzene rings is 2. The number of isocyanates is 1. The molecule has 19 heteroatoms. The first-order valence-electron chi connectivity index (χ1n) is 28.8. The Morgan fingerprint density at radius 3 is 1.87 bits per heavy atom. The molecule has 4 aliphatic rings. The van der Waals surface area contributed by atoms with Crippen LogP contribution in [0.1, 0.15) is 103 Å². The average Bonchev–Trinajstić information content (AvgIpc) is 2.72. The number of carbonyl (C=O) groups is 2. The molecule has 6 rings (SSSR count). The Balaban J connectivity index is 1.21. The van der Waals surface area contributed by atoms with Gasteiger partial charge in [0.1, 0.15) is 24.9 Å². The molecule has 1 amide bonds. The Morgan fingerprint density at radius 1 is 0.675 bits per heavy atom. The number of aliphatic hydroxyl groups is 8. The zero-order valence-corrected chi connectivity index (χ0v) is 48.2. The molecule has 0 radical (unpaired) electrons. The van der Waals surface area contributed by atoms with E-state index in [0.717, 1.165) is 22.3 Å². The van der Waals surface area contributed by atoms with Crippen molar-refractivity contribution in [2.24, 2.45) is 22.7 Å². The highest BCUT2D eigenvalue weighted by atomic mass is 16.7. The number of hydrogen-bond donors (Lipinski definition) is 9. The highest BCUT2D eigenvalue weighted by Crippen LogP contribution is 2.45. The summed E-state index contributed by atoms with van der Waals surface area (Å²) in [5, 5.41) is 92.2. The van der Waals surface area contributed by atoms with Crippen LogP contribution in [-0.4, -0.2) is 170 Å². The highest BCUT2D eigenvalue weighted by Gasteiger charge is 2.50. The van der Waals surface area contributed by atoms with Crippen molar-refractivity contribution in [2.75, 3.05) is 13.7 Å². The van der Waals surface area contributed by atoms with Crippen LogP contribution in [0.25, 0.3) is 11.1 Å². The molecule has 6 unspecified atom stereocenters. The van der Waals surface area contributed by atoms with E-state index in [1.165, 1.54) is 13.2 Å². The molecule has 83 heavy (non-hydrogen) atoms. The van der Waals surface area contributed by atoms with E-state index in [4.69, 9.17) is 28.4 Å². The van der Waals surface area contributed by atoms with E-state index < -0.39 is 134 Å². The first kappa shape index (κ1) is 66.4. The molecule has 19 atom stereocenters. The van der Waals surface area contributed by atoms with E-state index in [9.17, 15) is 55.2 Å². The molecule has 0 saturated carbocycles. The molecule has 0 aromatic heterocycles. The van der Waals surface area contributed by atoms with Crippen molar-refractivity contribution < 1.29 is 83.7 Å². The van der Waals surface area contributed by atoms with Gasteiger partial charge in [0.25, 0.3) is 0 Å². The lowest BCUT2D eigenvalue weighted by molar-refractivity contribution is -0.308. The molecule has 19 nitrogen and oxygen atoms in total. The first-order chi connectivity index (χ1) is 39.7. The molecule has 3 heterocycles. The van der Waals surface area contributed by atoms with Crippen molar-refractivity contribution in [1.82, 2.24) is 5.32 Å². The summed E-state index contributed by atoms with van der Waals surface area (Å²) >= 11 is 0. The molecule has 0 spiro atoms. The van der Waals surface area contributed by atoms with Crippen LogP contribution in [0.4, 0.5) is 4.79 Å². The number of aliphatic hydroxyl groups excluding tert-OH is 8. The van der Waals surface area contributed by atoms with Gasteiger partial charge >= 0.3 is 12.1 Å². The fourth-order valence-corrected chi connectivity index (χ4v) is 11.2. The minimum Gasteiger partial charge on any atom is -0.462 e. The summed E-state index contributed by atoms with van der Waals surface area (Å²) in [6, 6.07) is 13.8. The molecule has 2 fully saturated rings. The Bertz CT molecular complexity index is 2600. The molecular formula is C64H86N2O17. The normalized spacial score (nSPS) is 38.5. The number of amides is 1. The van der Waals surface area contributed by atoms with Crippen molar-refractivity contribution in [3.05, 3.63) is 145 Å². The van der Waals surface area contributed by atoms with Crippen LogP contribution in [0, 0.1) is 17.8 Å². The number of nitrogens with one attached hydrogen (secondary N) is 1. The second-order valence-corrected chi connectivity index (χ2v) is 22.4. The third kappa shape index (κ3) is 19.1. The van der Waals surface area contributed by atoms with Gasteiger partial charge in [0, 0.05) is 56.5 Å². The van der Waals surface area contributed by atoms with Crippen LogP contribution < -0.4 is 5.32 Å². The fourth-order valence-electron chi connectivity index (χ4n) is 11.2. The zero-order chi connectivity index (χ0) is 60.2. The number of cyclic esters (lactones) is 1. The van der Waals surface area contributed by atoms with E-state index in [1.54, 1.807) is 51.2 Å². The van der Waals surface area contributed by atoms with Crippen LogP contribution >= 0.6 is 0 Å². The van der Waals surface area contributed by atoms with E-state index >= 15 is 0 Å².